The highest BCUT2D eigenvalue weighted by molar-refractivity contribution is 7.80. The third kappa shape index (κ3) is 7.00. The van der Waals surface area contributed by atoms with Gasteiger partial charge < -0.3 is 20.1 Å². The Morgan fingerprint density at radius 1 is 1.07 bits per heavy atom. The summed E-state index contributed by atoms with van der Waals surface area (Å²) in [7, 11) is 3.09. The van der Waals surface area contributed by atoms with Gasteiger partial charge in [-0.2, -0.15) is 0 Å². The number of methoxy groups -OCH3 is 2. The number of hydrogen-bond donors (Lipinski definition) is 3. The molecule has 0 aliphatic heterocycles. The van der Waals surface area contributed by atoms with Crippen molar-refractivity contribution in [2.24, 2.45) is 10.9 Å². The van der Waals surface area contributed by atoms with Crippen molar-refractivity contribution < 1.29 is 9.47 Å². The number of nitrogens with zero attached hydrogens (tertiary/aromatic N) is 3. The van der Waals surface area contributed by atoms with Crippen molar-refractivity contribution in [3.05, 3.63) is 34.6 Å². The van der Waals surface area contributed by atoms with Crippen LogP contribution in [0.2, 0.25) is 5.02 Å². The average molecular weight is 451 g/mol. The van der Waals surface area contributed by atoms with Crippen molar-refractivity contribution in [2.45, 2.75) is 27.7 Å². The second-order valence-corrected chi connectivity index (χ2v) is 7.76. The molecule has 1 aromatic carbocycles. The lowest BCUT2D eigenvalue weighted by Gasteiger charge is -2.17. The van der Waals surface area contributed by atoms with Gasteiger partial charge in [0.15, 0.2) is 5.11 Å². The van der Waals surface area contributed by atoms with E-state index in [1.54, 1.807) is 26.4 Å². The fraction of sp³-hybridized carbons (Fsp3) is 0.400. The molecule has 0 atom stereocenters. The second kappa shape index (κ2) is 10.9. The SMILES string of the molecule is COc1cc(NC(=S)NC(=NCC(C)C)Nc2nc(C)cc(C)n2)c(OC)cc1Cl. The van der Waals surface area contributed by atoms with Gasteiger partial charge in [0.05, 0.1) is 24.9 Å². The van der Waals surface area contributed by atoms with E-state index in [0.29, 0.717) is 51.7 Å². The number of thiocarbonyl (C=S) groups is 1. The molecule has 0 saturated carbocycles. The Balaban J connectivity index is 2.21. The minimum Gasteiger partial charge on any atom is -0.495 e. The van der Waals surface area contributed by atoms with E-state index < -0.39 is 0 Å². The van der Waals surface area contributed by atoms with E-state index in [9.17, 15) is 0 Å². The Morgan fingerprint density at radius 3 is 2.27 bits per heavy atom. The van der Waals surface area contributed by atoms with Gasteiger partial charge in [0.2, 0.25) is 11.9 Å². The molecular weight excluding hydrogens is 424 g/mol. The number of nitrogens with one attached hydrogen (secondary N) is 3. The van der Waals surface area contributed by atoms with Crippen LogP contribution in [0.15, 0.2) is 23.2 Å². The van der Waals surface area contributed by atoms with Gasteiger partial charge in [-0.25, -0.2) is 9.97 Å². The van der Waals surface area contributed by atoms with Gasteiger partial charge >= 0.3 is 0 Å². The molecule has 3 N–H and O–H groups in total. The van der Waals surface area contributed by atoms with Crippen molar-refractivity contribution in [3.8, 4) is 11.5 Å². The highest BCUT2D eigenvalue weighted by Crippen LogP contribution is 2.35. The molecule has 0 bridgehead atoms. The average Bonchev–Trinajstić information content (AvgIpc) is 2.66. The number of halogens is 1. The number of aliphatic imine (C=N–C) groups is 1. The van der Waals surface area contributed by atoms with Crippen LogP contribution in [0.1, 0.15) is 25.2 Å². The Hall–Kier alpha value is -2.65. The molecule has 0 radical (unpaired) electrons. The third-order valence-corrected chi connectivity index (χ3v) is 4.28. The van der Waals surface area contributed by atoms with Crippen LogP contribution in [0.4, 0.5) is 11.6 Å². The van der Waals surface area contributed by atoms with Gasteiger partial charge in [-0.3, -0.25) is 10.3 Å². The van der Waals surface area contributed by atoms with Gasteiger partial charge in [-0.1, -0.05) is 25.4 Å². The number of aryl methyl sites for hydroxylation is 2. The van der Waals surface area contributed by atoms with Crippen molar-refractivity contribution in [2.75, 3.05) is 31.4 Å². The molecule has 8 nitrogen and oxygen atoms in total. The summed E-state index contributed by atoms with van der Waals surface area (Å²) in [5, 5.41) is 9.99. The van der Waals surface area contributed by atoms with Crippen LogP contribution in [0.5, 0.6) is 11.5 Å². The number of benzene rings is 1. The summed E-state index contributed by atoms with van der Waals surface area (Å²) in [6.45, 7) is 8.57. The number of aromatic nitrogens is 2. The molecule has 0 amide bonds. The molecule has 0 aliphatic carbocycles. The summed E-state index contributed by atoms with van der Waals surface area (Å²) < 4.78 is 10.6. The fourth-order valence-corrected chi connectivity index (χ4v) is 2.93. The van der Waals surface area contributed by atoms with E-state index in [4.69, 9.17) is 33.3 Å². The molecule has 0 fully saturated rings. The van der Waals surface area contributed by atoms with Crippen molar-refractivity contribution in [3.63, 3.8) is 0 Å². The summed E-state index contributed by atoms with van der Waals surface area (Å²) in [6.07, 6.45) is 0. The van der Waals surface area contributed by atoms with Crippen LogP contribution in [0, 0.1) is 19.8 Å². The first kappa shape index (κ1) is 23.6. The molecule has 10 heteroatoms. The maximum absolute atomic E-state index is 6.16. The maximum Gasteiger partial charge on any atom is 0.229 e. The summed E-state index contributed by atoms with van der Waals surface area (Å²) in [4.78, 5) is 13.3. The molecule has 1 aromatic heterocycles. The standard InChI is InChI=1S/C20H27ClN6O2S/c1-11(2)10-22-18(26-19-23-12(3)7-13(4)24-19)27-20(30)25-15-9-16(28-5)14(21)8-17(15)29-6/h7-9,11H,10H2,1-6H3,(H3,22,23,24,25,26,27,30). The Labute approximate surface area is 187 Å². The van der Waals surface area contributed by atoms with Crippen molar-refractivity contribution in [1.82, 2.24) is 15.3 Å². The number of hydrogen-bond acceptors (Lipinski definition) is 6. The lowest BCUT2D eigenvalue weighted by Crippen LogP contribution is -2.39. The number of rotatable bonds is 6. The van der Waals surface area contributed by atoms with Crippen LogP contribution in [0.3, 0.4) is 0 Å². The number of anilines is 2. The fourth-order valence-electron chi connectivity index (χ4n) is 2.49. The molecule has 30 heavy (non-hydrogen) atoms. The second-order valence-electron chi connectivity index (χ2n) is 6.95. The predicted molar refractivity (Wildman–Crippen MR) is 126 cm³/mol. The minimum absolute atomic E-state index is 0.303. The largest absolute Gasteiger partial charge is 0.495 e. The third-order valence-electron chi connectivity index (χ3n) is 3.78. The van der Waals surface area contributed by atoms with E-state index in [-0.39, 0.29) is 0 Å². The molecule has 2 aromatic rings. The van der Waals surface area contributed by atoms with Crippen molar-refractivity contribution in [1.29, 1.82) is 0 Å². The number of guanidine groups is 1. The van der Waals surface area contributed by atoms with E-state index >= 15 is 0 Å². The molecule has 162 valence electrons. The van der Waals surface area contributed by atoms with E-state index in [1.165, 1.54) is 0 Å². The normalized spacial score (nSPS) is 11.3. The molecular formula is C20H27ClN6O2S. The molecule has 0 unspecified atom stereocenters. The highest BCUT2D eigenvalue weighted by atomic mass is 35.5. The van der Waals surface area contributed by atoms with Gasteiger partial charge in [-0.05, 0) is 38.0 Å². The van der Waals surface area contributed by atoms with Gasteiger partial charge in [0, 0.05) is 30.1 Å². The van der Waals surface area contributed by atoms with Crippen LogP contribution in [-0.4, -0.2) is 41.8 Å². The van der Waals surface area contributed by atoms with Gasteiger partial charge in [0.25, 0.3) is 0 Å². The zero-order valence-corrected chi connectivity index (χ0v) is 19.5. The van der Waals surface area contributed by atoms with Crippen LogP contribution >= 0.6 is 23.8 Å². The first-order chi connectivity index (χ1) is 14.2. The van der Waals surface area contributed by atoms with E-state index in [1.807, 2.05) is 19.9 Å². The quantitative estimate of drug-likeness (QED) is 0.343. The summed E-state index contributed by atoms with van der Waals surface area (Å²) in [5.41, 5.74) is 2.31. The minimum atomic E-state index is 0.303. The van der Waals surface area contributed by atoms with E-state index in [0.717, 1.165) is 11.4 Å². The zero-order valence-electron chi connectivity index (χ0n) is 18.0. The molecule has 0 saturated heterocycles. The lowest BCUT2D eigenvalue weighted by atomic mass is 10.2. The van der Waals surface area contributed by atoms with Crippen LogP contribution in [-0.2, 0) is 0 Å². The first-order valence-corrected chi connectivity index (χ1v) is 10.1. The monoisotopic (exact) mass is 450 g/mol. The topological polar surface area (TPSA) is 92.7 Å². The molecule has 0 spiro atoms. The molecule has 0 aliphatic rings. The van der Waals surface area contributed by atoms with Gasteiger partial charge in [0.1, 0.15) is 11.5 Å². The zero-order chi connectivity index (χ0) is 22.3. The predicted octanol–water partition coefficient (Wildman–Crippen LogP) is 4.17. The van der Waals surface area contributed by atoms with Crippen LogP contribution in [0.25, 0.3) is 0 Å². The maximum atomic E-state index is 6.16. The van der Waals surface area contributed by atoms with Gasteiger partial charge in [-0.15, -0.1) is 0 Å². The van der Waals surface area contributed by atoms with E-state index in [2.05, 4.69) is 44.8 Å². The summed E-state index contributed by atoms with van der Waals surface area (Å²) in [6, 6.07) is 5.26. The smallest absolute Gasteiger partial charge is 0.229 e. The Morgan fingerprint density at radius 2 is 1.70 bits per heavy atom. The Bertz CT molecular complexity index is 916. The number of ether oxygens (including phenoxy) is 2. The molecule has 1 heterocycles. The molecule has 2 rings (SSSR count). The Kier molecular flexibility index (Phi) is 8.61. The van der Waals surface area contributed by atoms with Crippen molar-refractivity contribution >= 4 is 46.5 Å². The first-order valence-electron chi connectivity index (χ1n) is 9.35. The summed E-state index contributed by atoms with van der Waals surface area (Å²) >= 11 is 11.6. The highest BCUT2D eigenvalue weighted by Gasteiger charge is 2.13. The van der Waals surface area contributed by atoms with Crippen LogP contribution < -0.4 is 25.4 Å². The summed E-state index contributed by atoms with van der Waals surface area (Å²) in [5.74, 6) is 2.27. The lowest BCUT2D eigenvalue weighted by molar-refractivity contribution is 0.405.